The number of unbranched alkanes of at least 4 members (excludes halogenated alkanes) is 8. The molecule has 1 aromatic carbocycles. The van der Waals surface area contributed by atoms with Crippen LogP contribution < -0.4 is 0 Å². The fourth-order valence-corrected chi connectivity index (χ4v) is 3.62. The summed E-state index contributed by atoms with van der Waals surface area (Å²) in [5.41, 5.74) is 0.941. The summed E-state index contributed by atoms with van der Waals surface area (Å²) in [6, 6.07) is 10.0. The minimum absolute atomic E-state index is 0. The second-order valence-corrected chi connectivity index (χ2v) is 7.92. The van der Waals surface area contributed by atoms with Crippen molar-refractivity contribution >= 4 is 10.2 Å². The van der Waals surface area contributed by atoms with E-state index in [2.05, 4.69) is 10.2 Å². The molecule has 1 N–H and O–H groups in total. The third-order valence-corrected chi connectivity index (χ3v) is 5.50. The molecule has 2 rings (SSSR count). The molecule has 1 aromatic rings. The molecular formula is C25H38FeO3Si-. The van der Waals surface area contributed by atoms with Crippen molar-refractivity contribution in [2.24, 2.45) is 0 Å². The predicted molar refractivity (Wildman–Crippen MR) is 123 cm³/mol. The molecule has 169 valence electrons. The molecule has 0 atom stereocenters. The molecule has 0 saturated heterocycles. The maximum Gasteiger partial charge on any atom is 0.156 e. The van der Waals surface area contributed by atoms with Crippen molar-refractivity contribution in [2.45, 2.75) is 76.9 Å². The number of hydrogen-bond donors (Lipinski definition) is 1. The largest absolute Gasteiger partial charge is 0.512 e. The molecule has 0 unspecified atom stereocenters. The Bertz CT molecular complexity index is 572. The van der Waals surface area contributed by atoms with Crippen LogP contribution in [0.3, 0.4) is 0 Å². The van der Waals surface area contributed by atoms with Gasteiger partial charge in [0.05, 0.1) is 16.0 Å². The van der Waals surface area contributed by atoms with Crippen LogP contribution in [-0.4, -0.2) is 35.9 Å². The van der Waals surface area contributed by atoms with Crippen LogP contribution in [0, 0.1) is 0 Å². The maximum absolute atomic E-state index is 10.1. The first-order valence-electron chi connectivity index (χ1n) is 10.9. The Hall–Kier alpha value is -0.974. The molecule has 0 aliphatic heterocycles. The Morgan fingerprint density at radius 2 is 1.47 bits per heavy atom. The van der Waals surface area contributed by atoms with Gasteiger partial charge in [-0.15, -0.1) is 0 Å². The Labute approximate surface area is 197 Å². The Balaban J connectivity index is 0.00000122. The Kier molecular flexibility index (Phi) is 19.3. The summed E-state index contributed by atoms with van der Waals surface area (Å²) in [5, 5.41) is 11.0. The van der Waals surface area contributed by atoms with Crippen LogP contribution in [0.25, 0.3) is 0 Å². The minimum atomic E-state index is -0.0351. The summed E-state index contributed by atoms with van der Waals surface area (Å²) >= 11 is 0. The fourth-order valence-electron chi connectivity index (χ4n) is 3.30. The van der Waals surface area contributed by atoms with E-state index in [-0.39, 0.29) is 23.4 Å². The summed E-state index contributed by atoms with van der Waals surface area (Å²) in [4.78, 5) is 0. The molecule has 0 spiro atoms. The van der Waals surface area contributed by atoms with Crippen molar-refractivity contribution in [1.29, 1.82) is 0 Å². The van der Waals surface area contributed by atoms with E-state index < -0.39 is 0 Å². The molecule has 0 fully saturated rings. The zero-order valence-corrected chi connectivity index (χ0v) is 20.7. The predicted octanol–water partition coefficient (Wildman–Crippen LogP) is 6.73. The summed E-state index contributed by atoms with van der Waals surface area (Å²) in [6.45, 7) is 0. The van der Waals surface area contributed by atoms with E-state index in [1.54, 1.807) is 14.2 Å². The molecule has 0 amide bonds. The third kappa shape index (κ3) is 14.1. The van der Waals surface area contributed by atoms with Gasteiger partial charge in [0.15, 0.2) is 6.29 Å². The number of allylic oxidation sites excluding steroid dienone is 6. The first-order chi connectivity index (χ1) is 14.2. The van der Waals surface area contributed by atoms with E-state index in [0.29, 0.717) is 5.76 Å². The van der Waals surface area contributed by atoms with Crippen LogP contribution in [0.1, 0.15) is 70.6 Å². The first-order valence-corrected chi connectivity index (χ1v) is 11.4. The Morgan fingerprint density at radius 1 is 0.933 bits per heavy atom. The molecule has 0 aromatic heterocycles. The van der Waals surface area contributed by atoms with Crippen molar-refractivity contribution in [3.05, 3.63) is 65.1 Å². The average molecular weight is 471 g/mol. The molecule has 3 nitrogen and oxygen atoms in total. The number of aliphatic hydroxyl groups excluding tert-OH is 1. The standard InChI is InChI=1S/C20H33O3Si.C5H5.Fe/c1-22-20(23-2)16-11-9-7-5-3-4-6-8-10-14-18(21)17-13-12-15-19(17)24;1-2-4-5-3-1;/h12-13,15,20-21H,3-11,14,16H2,1-2H3;1-5H;/q;-1;/b18-17-;;. The van der Waals surface area contributed by atoms with Gasteiger partial charge in [0.1, 0.15) is 0 Å². The molecule has 1 aliphatic rings. The van der Waals surface area contributed by atoms with E-state index in [9.17, 15) is 5.11 Å². The van der Waals surface area contributed by atoms with Gasteiger partial charge in [-0.05, 0) is 19.3 Å². The van der Waals surface area contributed by atoms with Gasteiger partial charge in [-0.2, -0.15) is 18.2 Å². The van der Waals surface area contributed by atoms with Crippen LogP contribution in [0.4, 0.5) is 0 Å². The zero-order chi connectivity index (χ0) is 21.2. The molecule has 30 heavy (non-hydrogen) atoms. The fraction of sp³-hybridized carbons (Fsp3) is 0.560. The van der Waals surface area contributed by atoms with E-state index in [4.69, 9.17) is 9.47 Å². The van der Waals surface area contributed by atoms with E-state index >= 15 is 0 Å². The third-order valence-electron chi connectivity index (χ3n) is 5.06. The minimum Gasteiger partial charge on any atom is -0.512 e. The van der Waals surface area contributed by atoms with Crippen LogP contribution in [0.2, 0.25) is 0 Å². The van der Waals surface area contributed by atoms with Crippen LogP contribution in [0.5, 0.6) is 0 Å². The summed E-state index contributed by atoms with van der Waals surface area (Å²) < 4.78 is 10.4. The van der Waals surface area contributed by atoms with Gasteiger partial charge in [0, 0.05) is 43.3 Å². The quantitative estimate of drug-likeness (QED) is 0.108. The van der Waals surface area contributed by atoms with Crippen molar-refractivity contribution in [1.82, 2.24) is 0 Å². The Morgan fingerprint density at radius 3 is 1.90 bits per heavy atom. The molecule has 0 bridgehead atoms. The van der Waals surface area contributed by atoms with Gasteiger partial charge in [-0.1, -0.05) is 68.4 Å². The van der Waals surface area contributed by atoms with E-state index in [1.165, 1.54) is 51.4 Å². The molecule has 3 radical (unpaired) electrons. The summed E-state index contributed by atoms with van der Waals surface area (Å²) in [7, 11) is 6.91. The van der Waals surface area contributed by atoms with Gasteiger partial charge < -0.3 is 14.6 Å². The molecule has 1 aliphatic carbocycles. The number of ether oxygens (including phenoxy) is 2. The van der Waals surface area contributed by atoms with Gasteiger partial charge >= 0.3 is 0 Å². The zero-order valence-electron chi connectivity index (χ0n) is 18.6. The second kappa shape index (κ2) is 20.0. The van der Waals surface area contributed by atoms with Crippen LogP contribution in [-0.2, 0) is 26.5 Å². The summed E-state index contributed by atoms with van der Waals surface area (Å²) in [5.74, 6) is 0.510. The van der Waals surface area contributed by atoms with Crippen LogP contribution in [0.15, 0.2) is 65.1 Å². The number of methoxy groups -OCH3 is 2. The monoisotopic (exact) mass is 470 g/mol. The van der Waals surface area contributed by atoms with E-state index in [1.807, 2.05) is 48.6 Å². The molecule has 0 heterocycles. The normalized spacial score (nSPS) is 14.2. The molecular weight excluding hydrogens is 432 g/mol. The molecule has 5 heteroatoms. The van der Waals surface area contributed by atoms with Gasteiger partial charge in [0.2, 0.25) is 0 Å². The number of rotatable bonds is 14. The van der Waals surface area contributed by atoms with Crippen molar-refractivity contribution in [3.8, 4) is 0 Å². The van der Waals surface area contributed by atoms with Crippen LogP contribution >= 0.6 is 0 Å². The maximum atomic E-state index is 10.1. The first kappa shape index (κ1) is 29.0. The van der Waals surface area contributed by atoms with Gasteiger partial charge in [0.25, 0.3) is 0 Å². The number of hydrogen-bond acceptors (Lipinski definition) is 3. The topological polar surface area (TPSA) is 38.7 Å². The summed E-state index contributed by atoms with van der Waals surface area (Å²) in [6.07, 6.45) is 18.8. The average Bonchev–Trinajstić information content (AvgIpc) is 3.44. The van der Waals surface area contributed by atoms with Gasteiger partial charge in [-0.25, -0.2) is 12.1 Å². The smallest absolute Gasteiger partial charge is 0.156 e. The van der Waals surface area contributed by atoms with Crippen molar-refractivity contribution in [2.75, 3.05) is 14.2 Å². The van der Waals surface area contributed by atoms with Crippen molar-refractivity contribution in [3.63, 3.8) is 0 Å². The molecule has 0 saturated carbocycles. The van der Waals surface area contributed by atoms with Crippen molar-refractivity contribution < 1.29 is 31.6 Å². The second-order valence-electron chi connectivity index (χ2n) is 7.38. The SMILES string of the molecule is COC(CCCCCCCCCCC/C(O)=C1\C=CC=C1[Si])OC.[Fe].c1cc[cH-]c1. The number of aliphatic hydroxyl groups is 1. The van der Waals surface area contributed by atoms with Gasteiger partial charge in [-0.3, -0.25) is 0 Å². The van der Waals surface area contributed by atoms with E-state index in [0.717, 1.165) is 30.0 Å².